The zero-order valence-electron chi connectivity index (χ0n) is 14.0. The Labute approximate surface area is 131 Å². The van der Waals surface area contributed by atoms with Crippen LogP contribution in [-0.2, 0) is 0 Å². The molecule has 3 heteroatoms. The fourth-order valence-electron chi connectivity index (χ4n) is 2.41. The maximum atomic E-state index is 9.59. The molecule has 0 amide bonds. The van der Waals surface area contributed by atoms with Crippen LogP contribution in [0.4, 0.5) is 0 Å². The molecule has 2 unspecified atom stereocenters. The molecule has 0 spiro atoms. The van der Waals surface area contributed by atoms with Gasteiger partial charge in [0.05, 0.1) is 18.8 Å². The van der Waals surface area contributed by atoms with E-state index in [2.05, 4.69) is 19.1 Å². The molecule has 0 rings (SSSR count). The van der Waals surface area contributed by atoms with Gasteiger partial charge in [0.2, 0.25) is 0 Å². The molecule has 0 aromatic heterocycles. The Morgan fingerprint density at radius 2 is 1.38 bits per heavy atom. The van der Waals surface area contributed by atoms with Gasteiger partial charge in [0, 0.05) is 0 Å². The van der Waals surface area contributed by atoms with Crippen molar-refractivity contribution in [1.82, 2.24) is 0 Å². The SMILES string of the molecule is CCCCCCCCCC/C=C/CCCC(O)C(N)CO. The van der Waals surface area contributed by atoms with E-state index >= 15 is 0 Å². The molecule has 0 aliphatic rings. The van der Waals surface area contributed by atoms with E-state index in [9.17, 15) is 5.11 Å². The molecule has 0 aromatic carbocycles. The molecule has 4 N–H and O–H groups in total. The van der Waals surface area contributed by atoms with Crippen LogP contribution in [0.1, 0.15) is 84.0 Å². The van der Waals surface area contributed by atoms with Gasteiger partial charge in [0.15, 0.2) is 0 Å². The summed E-state index contributed by atoms with van der Waals surface area (Å²) in [5.41, 5.74) is 5.55. The summed E-state index contributed by atoms with van der Waals surface area (Å²) in [6, 6.07) is -0.494. The van der Waals surface area contributed by atoms with Crippen LogP contribution in [0.15, 0.2) is 12.2 Å². The predicted molar refractivity (Wildman–Crippen MR) is 91.3 cm³/mol. The van der Waals surface area contributed by atoms with Gasteiger partial charge in [0.25, 0.3) is 0 Å². The number of nitrogens with two attached hydrogens (primary N) is 1. The van der Waals surface area contributed by atoms with Crippen molar-refractivity contribution >= 4 is 0 Å². The first-order valence-corrected chi connectivity index (χ1v) is 8.91. The Morgan fingerprint density at radius 1 is 0.857 bits per heavy atom. The molecule has 0 aromatic rings. The second-order valence-corrected chi connectivity index (χ2v) is 6.08. The molecule has 21 heavy (non-hydrogen) atoms. The van der Waals surface area contributed by atoms with Gasteiger partial charge in [-0.2, -0.15) is 0 Å². The molecule has 2 atom stereocenters. The number of unbranched alkanes of at least 4 members (excludes halogenated alkanes) is 9. The first kappa shape index (κ1) is 20.6. The second kappa shape index (κ2) is 16.0. The average Bonchev–Trinajstić information content (AvgIpc) is 2.50. The summed E-state index contributed by atoms with van der Waals surface area (Å²) < 4.78 is 0. The fraction of sp³-hybridized carbons (Fsp3) is 0.889. The van der Waals surface area contributed by atoms with Crippen LogP contribution in [0.3, 0.4) is 0 Å². The summed E-state index contributed by atoms with van der Waals surface area (Å²) in [4.78, 5) is 0. The van der Waals surface area contributed by atoms with Gasteiger partial charge in [-0.25, -0.2) is 0 Å². The third-order valence-electron chi connectivity index (χ3n) is 3.97. The predicted octanol–water partition coefficient (Wildman–Crippen LogP) is 3.92. The molecular formula is C18H37NO2. The highest BCUT2D eigenvalue weighted by molar-refractivity contribution is 4.82. The van der Waals surface area contributed by atoms with E-state index in [1.165, 1.54) is 57.8 Å². The highest BCUT2D eigenvalue weighted by Gasteiger charge is 2.11. The molecule has 126 valence electrons. The van der Waals surface area contributed by atoms with Gasteiger partial charge in [-0.1, -0.05) is 64.0 Å². The first-order chi connectivity index (χ1) is 10.2. The zero-order chi connectivity index (χ0) is 15.8. The van der Waals surface area contributed by atoms with E-state index in [1.807, 2.05) is 0 Å². The van der Waals surface area contributed by atoms with Crippen LogP contribution >= 0.6 is 0 Å². The molecule has 0 radical (unpaired) electrons. The smallest absolute Gasteiger partial charge is 0.0713 e. The van der Waals surface area contributed by atoms with Crippen molar-refractivity contribution in [3.05, 3.63) is 12.2 Å². The number of aliphatic hydroxyl groups is 2. The normalized spacial score (nSPS) is 14.7. The summed E-state index contributed by atoms with van der Waals surface area (Å²) in [6.45, 7) is 2.11. The Bertz CT molecular complexity index is 231. The van der Waals surface area contributed by atoms with Crippen LogP contribution in [0.5, 0.6) is 0 Å². The summed E-state index contributed by atoms with van der Waals surface area (Å²) in [7, 11) is 0. The maximum absolute atomic E-state index is 9.59. The summed E-state index contributed by atoms with van der Waals surface area (Å²) in [5.74, 6) is 0. The van der Waals surface area contributed by atoms with Gasteiger partial charge in [-0.15, -0.1) is 0 Å². The molecule has 0 fully saturated rings. The van der Waals surface area contributed by atoms with Crippen LogP contribution in [0, 0.1) is 0 Å². The van der Waals surface area contributed by atoms with Crippen molar-refractivity contribution in [1.29, 1.82) is 0 Å². The van der Waals surface area contributed by atoms with Gasteiger partial charge in [-0.05, 0) is 32.1 Å². The van der Waals surface area contributed by atoms with Crippen molar-refractivity contribution in [3.8, 4) is 0 Å². The van der Waals surface area contributed by atoms with E-state index in [-0.39, 0.29) is 6.61 Å². The van der Waals surface area contributed by atoms with E-state index in [1.54, 1.807) is 0 Å². The van der Waals surface area contributed by atoms with E-state index in [4.69, 9.17) is 10.8 Å². The Kier molecular flexibility index (Phi) is 15.7. The van der Waals surface area contributed by atoms with Crippen molar-refractivity contribution in [3.63, 3.8) is 0 Å². The molecule has 0 saturated carbocycles. The lowest BCUT2D eigenvalue weighted by molar-refractivity contribution is 0.0999. The average molecular weight is 299 g/mol. The van der Waals surface area contributed by atoms with E-state index in [0.717, 1.165) is 12.8 Å². The van der Waals surface area contributed by atoms with Crippen LogP contribution < -0.4 is 5.73 Å². The number of aliphatic hydroxyl groups excluding tert-OH is 2. The van der Waals surface area contributed by atoms with Gasteiger partial charge < -0.3 is 15.9 Å². The first-order valence-electron chi connectivity index (χ1n) is 8.91. The van der Waals surface area contributed by atoms with E-state index in [0.29, 0.717) is 6.42 Å². The van der Waals surface area contributed by atoms with Crippen molar-refractivity contribution in [2.75, 3.05) is 6.61 Å². The van der Waals surface area contributed by atoms with Crippen LogP contribution in [0.2, 0.25) is 0 Å². The Balaban J connectivity index is 3.22. The third kappa shape index (κ3) is 14.3. The minimum atomic E-state index is -0.573. The van der Waals surface area contributed by atoms with Crippen molar-refractivity contribution in [2.24, 2.45) is 5.73 Å². The Morgan fingerprint density at radius 3 is 1.95 bits per heavy atom. The second-order valence-electron chi connectivity index (χ2n) is 6.08. The quantitative estimate of drug-likeness (QED) is 0.317. The minimum absolute atomic E-state index is 0.143. The third-order valence-corrected chi connectivity index (χ3v) is 3.97. The minimum Gasteiger partial charge on any atom is -0.395 e. The van der Waals surface area contributed by atoms with Crippen molar-refractivity contribution in [2.45, 2.75) is 96.1 Å². The molecule has 0 saturated heterocycles. The number of hydrogen-bond acceptors (Lipinski definition) is 3. The fourth-order valence-corrected chi connectivity index (χ4v) is 2.41. The summed E-state index contributed by atoms with van der Waals surface area (Å²) in [6.07, 6.45) is 18.6. The maximum Gasteiger partial charge on any atom is 0.0713 e. The van der Waals surface area contributed by atoms with Gasteiger partial charge in [0.1, 0.15) is 0 Å². The highest BCUT2D eigenvalue weighted by atomic mass is 16.3. The lowest BCUT2D eigenvalue weighted by atomic mass is 10.1. The number of rotatable bonds is 15. The van der Waals surface area contributed by atoms with Gasteiger partial charge >= 0.3 is 0 Å². The lowest BCUT2D eigenvalue weighted by Crippen LogP contribution is -2.37. The molecule has 0 heterocycles. The number of hydrogen-bond donors (Lipinski definition) is 3. The Hall–Kier alpha value is -0.380. The van der Waals surface area contributed by atoms with Crippen LogP contribution in [-0.4, -0.2) is 29.0 Å². The highest BCUT2D eigenvalue weighted by Crippen LogP contribution is 2.10. The van der Waals surface area contributed by atoms with E-state index < -0.39 is 12.1 Å². The largest absolute Gasteiger partial charge is 0.395 e. The molecule has 3 nitrogen and oxygen atoms in total. The van der Waals surface area contributed by atoms with Crippen molar-refractivity contribution < 1.29 is 10.2 Å². The summed E-state index contributed by atoms with van der Waals surface area (Å²) in [5, 5.41) is 18.4. The molecule has 0 aliphatic heterocycles. The summed E-state index contributed by atoms with van der Waals surface area (Å²) >= 11 is 0. The standard InChI is InChI=1S/C18H37NO2/c1-2-3-4-5-6-7-8-9-10-11-12-13-14-15-18(21)17(19)16-20/h11-12,17-18,20-21H,2-10,13-16,19H2,1H3/b12-11+. The van der Waals surface area contributed by atoms with Gasteiger partial charge in [-0.3, -0.25) is 0 Å². The molecule has 0 bridgehead atoms. The monoisotopic (exact) mass is 299 g/mol. The zero-order valence-corrected chi connectivity index (χ0v) is 14.0. The number of allylic oxidation sites excluding steroid dienone is 2. The molecule has 0 aliphatic carbocycles. The van der Waals surface area contributed by atoms with Crippen LogP contribution in [0.25, 0.3) is 0 Å². The topological polar surface area (TPSA) is 66.5 Å². The molecular weight excluding hydrogens is 262 g/mol. The lowest BCUT2D eigenvalue weighted by Gasteiger charge is -2.15.